The molecule has 0 radical (unpaired) electrons. The van der Waals surface area contributed by atoms with Gasteiger partial charge in [-0.25, -0.2) is 9.78 Å². The molecule has 2 saturated heterocycles. The average Bonchev–Trinajstić information content (AvgIpc) is 3.26. The lowest BCUT2D eigenvalue weighted by Crippen LogP contribution is -2.62. The Kier molecular flexibility index (Phi) is 5.37. The number of carbonyl (C=O) groups excluding carboxylic acids is 1. The standard InChI is InChI=1S/C25H28N4O/c30-25(29-18-24(26-19-29)22-9-5-2-6-10-22)28-16-23(17-28)27-13-11-21(12-14-27)15-20-7-3-1-4-8-20/h1-10,18-19,21,23H,11-17H2. The maximum absolute atomic E-state index is 12.8. The van der Waals surface area contributed by atoms with Crippen LogP contribution in [0.4, 0.5) is 4.79 Å². The van der Waals surface area contributed by atoms with Crippen LogP contribution in [-0.4, -0.2) is 57.6 Å². The predicted octanol–water partition coefficient (Wildman–Crippen LogP) is 4.16. The van der Waals surface area contributed by atoms with Crippen LogP contribution in [0.25, 0.3) is 11.3 Å². The number of aromatic nitrogens is 2. The summed E-state index contributed by atoms with van der Waals surface area (Å²) >= 11 is 0. The molecular weight excluding hydrogens is 372 g/mol. The Bertz CT molecular complexity index is 971. The summed E-state index contributed by atoms with van der Waals surface area (Å²) in [4.78, 5) is 21.7. The maximum Gasteiger partial charge on any atom is 0.329 e. The lowest BCUT2D eigenvalue weighted by molar-refractivity contribution is 0.0350. The van der Waals surface area contributed by atoms with E-state index in [1.165, 1.54) is 24.8 Å². The summed E-state index contributed by atoms with van der Waals surface area (Å²) < 4.78 is 1.62. The van der Waals surface area contributed by atoms with Gasteiger partial charge < -0.3 is 4.90 Å². The summed E-state index contributed by atoms with van der Waals surface area (Å²) in [7, 11) is 0. The second-order valence-electron chi connectivity index (χ2n) is 8.54. The van der Waals surface area contributed by atoms with Crippen molar-refractivity contribution in [1.82, 2.24) is 19.4 Å². The minimum atomic E-state index is 0.0277. The molecule has 3 heterocycles. The number of carbonyl (C=O) groups is 1. The van der Waals surface area contributed by atoms with Crippen molar-refractivity contribution in [3.63, 3.8) is 0 Å². The number of hydrogen-bond donors (Lipinski definition) is 0. The molecule has 2 aliphatic heterocycles. The molecule has 2 aromatic carbocycles. The number of rotatable bonds is 4. The van der Waals surface area contributed by atoms with Crippen LogP contribution in [0.3, 0.4) is 0 Å². The fourth-order valence-corrected chi connectivity index (χ4v) is 4.66. The molecule has 0 saturated carbocycles. The summed E-state index contributed by atoms with van der Waals surface area (Å²) in [6, 6.07) is 21.3. The van der Waals surface area contributed by atoms with Gasteiger partial charge in [-0.2, -0.15) is 0 Å². The third-order valence-electron chi connectivity index (χ3n) is 6.54. The molecule has 0 unspecified atom stereocenters. The largest absolute Gasteiger partial charge is 0.329 e. The zero-order valence-corrected chi connectivity index (χ0v) is 17.2. The Morgan fingerprint density at radius 3 is 2.30 bits per heavy atom. The van der Waals surface area contributed by atoms with Gasteiger partial charge in [0.1, 0.15) is 6.33 Å². The van der Waals surface area contributed by atoms with Gasteiger partial charge in [0, 0.05) is 30.9 Å². The van der Waals surface area contributed by atoms with Crippen molar-refractivity contribution in [3.05, 3.63) is 78.8 Å². The quantitative estimate of drug-likeness (QED) is 0.660. The first-order chi connectivity index (χ1) is 14.8. The zero-order chi connectivity index (χ0) is 20.3. The highest BCUT2D eigenvalue weighted by Gasteiger charge is 2.36. The minimum Gasteiger partial charge on any atom is -0.321 e. The number of amides is 1. The number of benzene rings is 2. The second kappa shape index (κ2) is 8.44. The van der Waals surface area contributed by atoms with Crippen LogP contribution in [0, 0.1) is 5.92 Å². The number of nitrogens with zero attached hydrogens (tertiary/aromatic N) is 4. The topological polar surface area (TPSA) is 41.4 Å². The third-order valence-corrected chi connectivity index (χ3v) is 6.54. The van der Waals surface area contributed by atoms with Crippen LogP contribution >= 0.6 is 0 Å². The molecule has 3 aromatic rings. The Morgan fingerprint density at radius 1 is 0.933 bits per heavy atom. The normalized spacial score (nSPS) is 18.3. The summed E-state index contributed by atoms with van der Waals surface area (Å²) in [6.45, 7) is 3.93. The Hall–Kier alpha value is -2.92. The summed E-state index contributed by atoms with van der Waals surface area (Å²) in [5.74, 6) is 0.781. The van der Waals surface area contributed by atoms with Crippen molar-refractivity contribution in [2.45, 2.75) is 25.3 Å². The first kappa shape index (κ1) is 19.1. The van der Waals surface area contributed by atoms with Crippen LogP contribution in [-0.2, 0) is 6.42 Å². The SMILES string of the molecule is O=C(N1CC(N2CCC(Cc3ccccc3)CC2)C1)n1cnc(-c2ccccc2)c1. The second-order valence-corrected chi connectivity index (χ2v) is 8.54. The van der Waals surface area contributed by atoms with Crippen LogP contribution in [0.2, 0.25) is 0 Å². The van der Waals surface area contributed by atoms with Gasteiger partial charge in [-0.05, 0) is 43.8 Å². The highest BCUT2D eigenvalue weighted by Crippen LogP contribution is 2.26. The van der Waals surface area contributed by atoms with Crippen molar-refractivity contribution < 1.29 is 4.79 Å². The van der Waals surface area contributed by atoms with Crippen LogP contribution in [0.1, 0.15) is 18.4 Å². The molecule has 154 valence electrons. The fourth-order valence-electron chi connectivity index (χ4n) is 4.66. The van der Waals surface area contributed by atoms with Gasteiger partial charge in [0.2, 0.25) is 0 Å². The molecule has 5 heteroatoms. The molecule has 5 rings (SSSR count). The number of piperidine rings is 1. The molecule has 1 aromatic heterocycles. The highest BCUT2D eigenvalue weighted by molar-refractivity contribution is 5.79. The molecule has 5 nitrogen and oxygen atoms in total. The monoisotopic (exact) mass is 400 g/mol. The third kappa shape index (κ3) is 4.03. The van der Waals surface area contributed by atoms with Gasteiger partial charge in [-0.1, -0.05) is 60.7 Å². The van der Waals surface area contributed by atoms with Crippen molar-refractivity contribution >= 4 is 6.03 Å². The molecule has 0 aliphatic carbocycles. The van der Waals surface area contributed by atoms with Gasteiger partial charge >= 0.3 is 6.03 Å². The molecule has 2 aliphatic rings. The van der Waals surface area contributed by atoms with E-state index in [2.05, 4.69) is 40.2 Å². The van der Waals surface area contributed by atoms with Gasteiger partial charge in [-0.3, -0.25) is 9.47 Å². The van der Waals surface area contributed by atoms with Crippen molar-refractivity contribution in [2.75, 3.05) is 26.2 Å². The van der Waals surface area contributed by atoms with Crippen LogP contribution in [0.5, 0.6) is 0 Å². The minimum absolute atomic E-state index is 0.0277. The van der Waals surface area contributed by atoms with E-state index in [1.807, 2.05) is 41.4 Å². The van der Waals surface area contributed by atoms with E-state index >= 15 is 0 Å². The first-order valence-electron chi connectivity index (χ1n) is 10.9. The van der Waals surface area contributed by atoms with E-state index in [4.69, 9.17) is 0 Å². The summed E-state index contributed by atoms with van der Waals surface area (Å²) in [6.07, 6.45) is 7.16. The molecule has 1 amide bonds. The van der Waals surface area contributed by atoms with Gasteiger partial charge in [0.25, 0.3) is 0 Å². The van der Waals surface area contributed by atoms with Gasteiger partial charge in [0.15, 0.2) is 0 Å². The van der Waals surface area contributed by atoms with E-state index in [0.29, 0.717) is 6.04 Å². The maximum atomic E-state index is 12.8. The Morgan fingerprint density at radius 2 is 1.60 bits per heavy atom. The van der Waals surface area contributed by atoms with E-state index in [9.17, 15) is 4.79 Å². The lowest BCUT2D eigenvalue weighted by Gasteiger charge is -2.47. The number of imidazole rings is 1. The van der Waals surface area contributed by atoms with Crippen molar-refractivity contribution in [2.24, 2.45) is 5.92 Å². The van der Waals surface area contributed by atoms with Gasteiger partial charge in [0.05, 0.1) is 5.69 Å². The molecule has 0 spiro atoms. The first-order valence-corrected chi connectivity index (χ1v) is 10.9. The predicted molar refractivity (Wildman–Crippen MR) is 118 cm³/mol. The Labute approximate surface area is 178 Å². The number of hydrogen-bond acceptors (Lipinski definition) is 3. The average molecular weight is 401 g/mol. The van der Waals surface area contributed by atoms with E-state index in [-0.39, 0.29) is 6.03 Å². The lowest BCUT2D eigenvalue weighted by atomic mass is 9.89. The van der Waals surface area contributed by atoms with Gasteiger partial charge in [-0.15, -0.1) is 0 Å². The van der Waals surface area contributed by atoms with Crippen molar-refractivity contribution in [1.29, 1.82) is 0 Å². The van der Waals surface area contributed by atoms with Crippen LogP contribution < -0.4 is 0 Å². The number of likely N-dealkylation sites (tertiary alicyclic amines) is 2. The molecule has 2 fully saturated rings. The molecular formula is C25H28N4O. The van der Waals surface area contributed by atoms with E-state index in [0.717, 1.165) is 43.4 Å². The van der Waals surface area contributed by atoms with E-state index in [1.54, 1.807) is 10.9 Å². The van der Waals surface area contributed by atoms with E-state index < -0.39 is 0 Å². The molecule has 30 heavy (non-hydrogen) atoms. The molecule has 0 bridgehead atoms. The summed E-state index contributed by atoms with van der Waals surface area (Å²) in [5, 5.41) is 0. The summed E-state index contributed by atoms with van der Waals surface area (Å²) in [5.41, 5.74) is 3.32. The fraction of sp³-hybridized carbons (Fsp3) is 0.360. The zero-order valence-electron chi connectivity index (χ0n) is 17.2. The highest BCUT2D eigenvalue weighted by atomic mass is 16.2. The smallest absolute Gasteiger partial charge is 0.321 e. The Balaban J connectivity index is 1.10. The molecule has 0 atom stereocenters. The molecule has 0 N–H and O–H groups in total. The van der Waals surface area contributed by atoms with Crippen LogP contribution in [0.15, 0.2) is 73.2 Å². The van der Waals surface area contributed by atoms with Crippen molar-refractivity contribution in [3.8, 4) is 11.3 Å².